The van der Waals surface area contributed by atoms with Crippen molar-refractivity contribution < 1.29 is 28.5 Å². The summed E-state index contributed by atoms with van der Waals surface area (Å²) in [5, 5.41) is 2.97. The van der Waals surface area contributed by atoms with Crippen molar-refractivity contribution in [1.82, 2.24) is 5.32 Å². The lowest BCUT2D eigenvalue weighted by Gasteiger charge is -2.35. The molecule has 2 aliphatic rings. The number of nitrogens with one attached hydrogen (secondary N) is 1. The van der Waals surface area contributed by atoms with Crippen molar-refractivity contribution in [3.05, 3.63) is 58.8 Å². The molecule has 2 aromatic carbocycles. The van der Waals surface area contributed by atoms with E-state index in [-0.39, 0.29) is 30.1 Å². The van der Waals surface area contributed by atoms with E-state index in [1.54, 1.807) is 20.3 Å². The van der Waals surface area contributed by atoms with E-state index >= 15 is 0 Å². The average molecular weight is 466 g/mol. The molecule has 2 aromatic rings. The van der Waals surface area contributed by atoms with Gasteiger partial charge in [0.1, 0.15) is 5.75 Å². The molecule has 1 amide bonds. The molecule has 0 saturated heterocycles. The van der Waals surface area contributed by atoms with E-state index in [9.17, 15) is 9.59 Å². The molecular weight excluding hydrogens is 434 g/mol. The molecule has 1 aliphatic heterocycles. The Kier molecular flexibility index (Phi) is 6.82. The Balaban J connectivity index is 1.69. The number of ketones is 1. The maximum absolute atomic E-state index is 13.5. The lowest BCUT2D eigenvalue weighted by molar-refractivity contribution is -0.122. The number of benzene rings is 2. The van der Waals surface area contributed by atoms with Crippen LogP contribution in [-0.4, -0.2) is 39.1 Å². The molecule has 2 atom stereocenters. The molecule has 7 heteroatoms. The Hall–Kier alpha value is -3.48. The normalized spacial score (nSPS) is 20.1. The summed E-state index contributed by atoms with van der Waals surface area (Å²) in [5.41, 5.74) is 3.14. The molecule has 0 saturated carbocycles. The Morgan fingerprint density at radius 3 is 2.18 bits per heavy atom. The lowest BCUT2D eigenvalue weighted by Crippen LogP contribution is -2.38. The van der Waals surface area contributed by atoms with Gasteiger partial charge in [0.2, 0.25) is 11.7 Å². The summed E-state index contributed by atoms with van der Waals surface area (Å²) in [6.45, 7) is 3.97. The van der Waals surface area contributed by atoms with Crippen molar-refractivity contribution in [1.29, 1.82) is 0 Å². The minimum atomic E-state index is -0.409. The first-order chi connectivity index (χ1) is 16.4. The quantitative estimate of drug-likeness (QED) is 0.648. The van der Waals surface area contributed by atoms with Crippen LogP contribution in [-0.2, 0) is 9.59 Å². The van der Waals surface area contributed by atoms with Crippen LogP contribution in [0.25, 0.3) is 0 Å². The summed E-state index contributed by atoms with van der Waals surface area (Å²) in [7, 11) is 4.64. The predicted octanol–water partition coefficient (Wildman–Crippen LogP) is 4.50. The largest absolute Gasteiger partial charge is 0.493 e. The van der Waals surface area contributed by atoms with Crippen LogP contribution in [0.1, 0.15) is 56.1 Å². The molecule has 180 valence electrons. The second kappa shape index (κ2) is 9.79. The van der Waals surface area contributed by atoms with Crippen LogP contribution >= 0.6 is 0 Å². The van der Waals surface area contributed by atoms with Gasteiger partial charge in [-0.25, -0.2) is 0 Å². The monoisotopic (exact) mass is 465 g/mol. The number of Topliss-reactive ketones (excluding diaryl/α,β-unsaturated/α-hetero) is 1. The second-order valence-electron chi connectivity index (χ2n) is 8.88. The third-order valence-corrected chi connectivity index (χ3v) is 6.37. The van der Waals surface area contributed by atoms with Crippen LogP contribution in [0, 0.1) is 0 Å². The molecule has 1 N–H and O–H groups in total. The highest BCUT2D eigenvalue weighted by Crippen LogP contribution is 2.49. The van der Waals surface area contributed by atoms with E-state index in [0.29, 0.717) is 41.4 Å². The molecule has 0 radical (unpaired) electrons. The summed E-state index contributed by atoms with van der Waals surface area (Å²) in [4.78, 5) is 26.2. The third kappa shape index (κ3) is 4.47. The highest BCUT2D eigenvalue weighted by Gasteiger charge is 2.40. The number of amides is 1. The predicted molar refractivity (Wildman–Crippen MR) is 128 cm³/mol. The van der Waals surface area contributed by atoms with Crippen molar-refractivity contribution in [3.63, 3.8) is 0 Å². The molecule has 1 heterocycles. The van der Waals surface area contributed by atoms with Gasteiger partial charge in [-0.3, -0.25) is 9.59 Å². The van der Waals surface area contributed by atoms with Gasteiger partial charge in [0.15, 0.2) is 17.3 Å². The summed E-state index contributed by atoms with van der Waals surface area (Å²) in [5.74, 6) is 1.75. The van der Waals surface area contributed by atoms with Gasteiger partial charge >= 0.3 is 0 Å². The van der Waals surface area contributed by atoms with Crippen molar-refractivity contribution in [2.45, 2.75) is 51.0 Å². The van der Waals surface area contributed by atoms with Crippen LogP contribution < -0.4 is 24.3 Å². The topological polar surface area (TPSA) is 83.1 Å². The third-order valence-electron chi connectivity index (χ3n) is 6.37. The van der Waals surface area contributed by atoms with Gasteiger partial charge < -0.3 is 24.3 Å². The summed E-state index contributed by atoms with van der Waals surface area (Å²) >= 11 is 0. The lowest BCUT2D eigenvalue weighted by atomic mass is 9.73. The van der Waals surface area contributed by atoms with Crippen molar-refractivity contribution in [2.24, 2.45) is 0 Å². The summed E-state index contributed by atoms with van der Waals surface area (Å²) < 4.78 is 22.3. The van der Waals surface area contributed by atoms with Gasteiger partial charge in [-0.15, -0.1) is 0 Å². The zero-order valence-electron chi connectivity index (χ0n) is 20.3. The number of methoxy groups -OCH3 is 3. The SMILES string of the molecule is COc1ccc(C2CC(=O)NC3=C2C(=O)CC(c2ccc(OC(C)C)cc2)C3)c(OC)c1OC. The van der Waals surface area contributed by atoms with E-state index in [4.69, 9.17) is 18.9 Å². The molecule has 1 aliphatic carbocycles. The molecule has 0 spiro atoms. The fraction of sp³-hybridized carbons (Fsp3) is 0.407. The zero-order chi connectivity index (χ0) is 24.4. The van der Waals surface area contributed by atoms with Crippen molar-refractivity contribution >= 4 is 11.7 Å². The summed E-state index contributed by atoms with van der Waals surface area (Å²) in [6.07, 6.45) is 1.23. The molecular formula is C27H31NO6. The highest BCUT2D eigenvalue weighted by atomic mass is 16.5. The van der Waals surface area contributed by atoms with Crippen LogP contribution in [0.15, 0.2) is 47.7 Å². The summed E-state index contributed by atoms with van der Waals surface area (Å²) in [6, 6.07) is 11.5. The van der Waals surface area contributed by atoms with E-state index in [2.05, 4.69) is 5.32 Å². The number of allylic oxidation sites excluding steroid dienone is 2. The standard InChI is InChI=1S/C27H31NO6/c1-15(2)34-18-8-6-16(7-9-18)17-12-21-25(22(29)13-17)20(14-24(30)28-21)19-10-11-23(31-3)27(33-5)26(19)32-4/h6-11,15,17,20H,12-14H2,1-5H3,(H,28,30). The van der Waals surface area contributed by atoms with Crippen LogP contribution in [0.3, 0.4) is 0 Å². The van der Waals surface area contributed by atoms with E-state index < -0.39 is 5.92 Å². The van der Waals surface area contributed by atoms with Crippen LogP contribution in [0.4, 0.5) is 0 Å². The fourth-order valence-electron chi connectivity index (χ4n) is 4.95. The van der Waals surface area contributed by atoms with E-state index in [1.165, 1.54) is 7.11 Å². The van der Waals surface area contributed by atoms with Crippen molar-refractivity contribution in [2.75, 3.05) is 21.3 Å². The Morgan fingerprint density at radius 2 is 1.56 bits per heavy atom. The molecule has 4 rings (SSSR count). The van der Waals surface area contributed by atoms with E-state index in [0.717, 1.165) is 16.9 Å². The van der Waals surface area contributed by atoms with Crippen molar-refractivity contribution in [3.8, 4) is 23.0 Å². The molecule has 0 bridgehead atoms. The minimum Gasteiger partial charge on any atom is -0.493 e. The van der Waals surface area contributed by atoms with Gasteiger partial charge in [-0.05, 0) is 49.9 Å². The first kappa shape index (κ1) is 23.7. The number of carbonyl (C=O) groups excluding carboxylic acids is 2. The number of carbonyl (C=O) groups is 2. The number of ether oxygens (including phenoxy) is 4. The smallest absolute Gasteiger partial charge is 0.225 e. The van der Waals surface area contributed by atoms with Gasteiger partial charge in [0, 0.05) is 35.6 Å². The van der Waals surface area contributed by atoms with Gasteiger partial charge in [0.05, 0.1) is 27.4 Å². The molecule has 7 nitrogen and oxygen atoms in total. The van der Waals surface area contributed by atoms with Crippen LogP contribution in [0.2, 0.25) is 0 Å². The molecule has 2 unspecified atom stereocenters. The van der Waals surface area contributed by atoms with Gasteiger partial charge in [-0.2, -0.15) is 0 Å². The van der Waals surface area contributed by atoms with Gasteiger partial charge in [0.25, 0.3) is 0 Å². The van der Waals surface area contributed by atoms with E-state index in [1.807, 2.05) is 44.2 Å². The number of hydrogen-bond donors (Lipinski definition) is 1. The number of hydrogen-bond acceptors (Lipinski definition) is 6. The zero-order valence-corrected chi connectivity index (χ0v) is 20.3. The van der Waals surface area contributed by atoms with Crippen LogP contribution in [0.5, 0.6) is 23.0 Å². The molecule has 34 heavy (non-hydrogen) atoms. The number of rotatable bonds is 7. The Bertz CT molecular complexity index is 1120. The highest BCUT2D eigenvalue weighted by molar-refractivity contribution is 6.02. The molecule has 0 fully saturated rings. The molecule has 0 aromatic heterocycles. The maximum atomic E-state index is 13.5. The second-order valence-corrected chi connectivity index (χ2v) is 8.88. The first-order valence-electron chi connectivity index (χ1n) is 11.5. The fourth-order valence-corrected chi connectivity index (χ4v) is 4.95. The average Bonchev–Trinajstić information content (AvgIpc) is 2.82. The Morgan fingerprint density at radius 1 is 0.853 bits per heavy atom. The minimum absolute atomic E-state index is 0.00861. The maximum Gasteiger partial charge on any atom is 0.225 e. The first-order valence-corrected chi connectivity index (χ1v) is 11.5. The Labute approximate surface area is 200 Å². The van der Waals surface area contributed by atoms with Gasteiger partial charge in [-0.1, -0.05) is 18.2 Å².